The van der Waals surface area contributed by atoms with Crippen molar-refractivity contribution < 1.29 is 50.1 Å². The number of carboxylic acids is 1. The second kappa shape index (κ2) is 10.5. The minimum atomic E-state index is -2.25. The molecule has 112 valence electrons. The molecule has 1 unspecified atom stereocenters. The molecule has 0 saturated heterocycles. The summed E-state index contributed by atoms with van der Waals surface area (Å²) >= 11 is 0. The van der Waals surface area contributed by atoms with E-state index in [0.29, 0.717) is 0 Å². The third-order valence-electron chi connectivity index (χ3n) is 1.76. The molecule has 0 radical (unpaired) electrons. The van der Waals surface area contributed by atoms with Crippen LogP contribution in [0.15, 0.2) is 0 Å². The molecule has 10 nitrogen and oxygen atoms in total. The lowest BCUT2D eigenvalue weighted by Gasteiger charge is -2.21. The number of hydrogen-bond acceptors (Lipinski definition) is 9. The van der Waals surface area contributed by atoms with Gasteiger partial charge in [0.2, 0.25) is 0 Å². The van der Waals surface area contributed by atoms with Gasteiger partial charge in [0.25, 0.3) is 0 Å². The number of rotatable bonds is 7. The molecular weight excluding hydrogens is 268 g/mol. The standard InChI is InChI=1S/C6H10O7.C3H6O3/c7-1-2(8)3(9)4(10)5(11)6(12)13;4-1-3(6)2-5/h1-5,8-11H,(H,12,13);1,3,5-6H,2H2/t2-,3-,4+,5+;/m1./s1. The lowest BCUT2D eigenvalue weighted by Crippen LogP contribution is -2.48. The molecule has 19 heavy (non-hydrogen) atoms. The van der Waals surface area contributed by atoms with Crippen LogP contribution >= 0.6 is 0 Å². The summed E-state index contributed by atoms with van der Waals surface area (Å²) in [6.45, 7) is -0.483. The molecule has 0 aromatic carbocycles. The lowest BCUT2D eigenvalue weighted by atomic mass is 10.0. The highest BCUT2D eigenvalue weighted by Crippen LogP contribution is 2.03. The third-order valence-corrected chi connectivity index (χ3v) is 1.76. The predicted molar refractivity (Wildman–Crippen MR) is 56.9 cm³/mol. The first-order chi connectivity index (χ1) is 8.72. The molecule has 0 bridgehead atoms. The van der Waals surface area contributed by atoms with Crippen molar-refractivity contribution in [3.63, 3.8) is 0 Å². The van der Waals surface area contributed by atoms with Gasteiger partial charge in [-0.05, 0) is 0 Å². The van der Waals surface area contributed by atoms with E-state index in [-0.39, 0.29) is 12.6 Å². The summed E-state index contributed by atoms with van der Waals surface area (Å²) < 4.78 is 0. The highest BCUT2D eigenvalue weighted by molar-refractivity contribution is 5.73. The molecule has 0 heterocycles. The van der Waals surface area contributed by atoms with Crippen molar-refractivity contribution in [1.82, 2.24) is 0 Å². The quantitative estimate of drug-likeness (QED) is 0.223. The molecule has 0 aromatic heterocycles. The Morgan fingerprint density at radius 3 is 1.63 bits per heavy atom. The minimum absolute atomic E-state index is 0.0809. The van der Waals surface area contributed by atoms with Crippen LogP contribution in [-0.4, -0.2) is 91.4 Å². The summed E-state index contributed by atoms with van der Waals surface area (Å²) in [7, 11) is 0. The van der Waals surface area contributed by atoms with E-state index < -0.39 is 43.1 Å². The maximum atomic E-state index is 10.1. The Kier molecular flexibility index (Phi) is 11.0. The van der Waals surface area contributed by atoms with Crippen LogP contribution in [0.1, 0.15) is 0 Å². The number of aliphatic hydroxyl groups excluding tert-OH is 6. The molecule has 0 fully saturated rings. The first-order valence-electron chi connectivity index (χ1n) is 4.87. The van der Waals surface area contributed by atoms with Gasteiger partial charge in [-0.25, -0.2) is 4.79 Å². The maximum Gasteiger partial charge on any atom is 0.335 e. The zero-order chi connectivity index (χ0) is 15.6. The number of carboxylic acid groups (broad SMARTS) is 1. The second-order valence-electron chi connectivity index (χ2n) is 3.28. The first-order valence-corrected chi connectivity index (χ1v) is 4.87. The number of aliphatic hydroxyl groups is 6. The number of carbonyl (C=O) groups excluding carboxylic acids is 2. The van der Waals surface area contributed by atoms with E-state index in [1.807, 2.05) is 0 Å². The minimum Gasteiger partial charge on any atom is -0.479 e. The van der Waals surface area contributed by atoms with Gasteiger partial charge in [0.15, 0.2) is 18.7 Å². The van der Waals surface area contributed by atoms with E-state index >= 15 is 0 Å². The van der Waals surface area contributed by atoms with Crippen LogP contribution in [-0.2, 0) is 14.4 Å². The fourth-order valence-electron chi connectivity index (χ4n) is 0.658. The zero-order valence-electron chi connectivity index (χ0n) is 9.60. The SMILES string of the molecule is O=CC(O)CO.O=C[C@@H](O)[C@@H](O)[C@H](O)[C@H](O)C(=O)O. The normalized spacial score (nSPS) is 18.0. The van der Waals surface area contributed by atoms with Crippen molar-refractivity contribution in [2.75, 3.05) is 6.61 Å². The Balaban J connectivity index is 0. The highest BCUT2D eigenvalue weighted by Gasteiger charge is 2.33. The summed E-state index contributed by atoms with van der Waals surface area (Å²) in [5.74, 6) is -1.76. The maximum absolute atomic E-state index is 10.1. The third kappa shape index (κ3) is 8.31. The first kappa shape index (κ1) is 19.9. The molecule has 0 aliphatic carbocycles. The van der Waals surface area contributed by atoms with E-state index in [0.717, 1.165) is 0 Å². The van der Waals surface area contributed by atoms with Crippen LogP contribution in [0.3, 0.4) is 0 Å². The molecule has 0 aromatic rings. The number of hydrogen-bond donors (Lipinski definition) is 7. The van der Waals surface area contributed by atoms with Crippen LogP contribution in [0.4, 0.5) is 0 Å². The molecule has 0 spiro atoms. The summed E-state index contributed by atoms with van der Waals surface area (Å²) in [6, 6.07) is 0. The summed E-state index contributed by atoms with van der Waals surface area (Å²) in [5.41, 5.74) is 0. The topological polar surface area (TPSA) is 193 Å². The van der Waals surface area contributed by atoms with Crippen molar-refractivity contribution in [1.29, 1.82) is 0 Å². The van der Waals surface area contributed by atoms with Gasteiger partial charge in [0.1, 0.15) is 24.4 Å². The van der Waals surface area contributed by atoms with Crippen molar-refractivity contribution in [2.45, 2.75) is 30.5 Å². The molecule has 5 atom stereocenters. The number of aldehydes is 2. The van der Waals surface area contributed by atoms with Crippen LogP contribution in [0, 0.1) is 0 Å². The van der Waals surface area contributed by atoms with E-state index in [2.05, 4.69) is 0 Å². The van der Waals surface area contributed by atoms with Crippen molar-refractivity contribution >= 4 is 18.5 Å². The molecule has 0 rings (SSSR count). The predicted octanol–water partition coefficient (Wildman–Crippen LogP) is -4.75. The monoisotopic (exact) mass is 284 g/mol. The Labute approximate surface area is 107 Å². The molecule has 7 N–H and O–H groups in total. The van der Waals surface area contributed by atoms with E-state index in [1.165, 1.54) is 0 Å². The van der Waals surface area contributed by atoms with E-state index in [1.54, 1.807) is 0 Å². The second-order valence-corrected chi connectivity index (χ2v) is 3.28. The molecular formula is C9H16O10. The van der Waals surface area contributed by atoms with Gasteiger partial charge >= 0.3 is 5.97 Å². The van der Waals surface area contributed by atoms with Gasteiger partial charge < -0.3 is 45.3 Å². The Hall–Kier alpha value is -1.43. The van der Waals surface area contributed by atoms with E-state index in [9.17, 15) is 14.4 Å². The van der Waals surface area contributed by atoms with Crippen molar-refractivity contribution in [3.05, 3.63) is 0 Å². The average Bonchev–Trinajstić information content (AvgIpc) is 2.43. The van der Waals surface area contributed by atoms with Gasteiger partial charge in [-0.3, -0.25) is 0 Å². The molecule has 0 amide bonds. The summed E-state index contributed by atoms with van der Waals surface area (Å²) in [5, 5.41) is 59.1. The zero-order valence-corrected chi connectivity index (χ0v) is 9.60. The summed E-state index contributed by atoms with van der Waals surface area (Å²) in [4.78, 5) is 29.3. The molecule has 0 saturated carbocycles. The van der Waals surface area contributed by atoms with Gasteiger partial charge in [-0.2, -0.15) is 0 Å². The van der Waals surface area contributed by atoms with Gasteiger partial charge in [0.05, 0.1) is 6.61 Å². The average molecular weight is 284 g/mol. The van der Waals surface area contributed by atoms with Crippen LogP contribution in [0.5, 0.6) is 0 Å². The van der Waals surface area contributed by atoms with Crippen LogP contribution < -0.4 is 0 Å². The Morgan fingerprint density at radius 2 is 1.42 bits per heavy atom. The molecule has 0 aliphatic heterocycles. The van der Waals surface area contributed by atoms with Gasteiger partial charge in [-0.15, -0.1) is 0 Å². The van der Waals surface area contributed by atoms with Crippen molar-refractivity contribution in [2.24, 2.45) is 0 Å². The Morgan fingerprint density at radius 1 is 0.947 bits per heavy atom. The van der Waals surface area contributed by atoms with Gasteiger partial charge in [-0.1, -0.05) is 0 Å². The number of aliphatic carboxylic acids is 1. The number of carbonyl (C=O) groups is 3. The largest absolute Gasteiger partial charge is 0.479 e. The summed E-state index contributed by atoms with van der Waals surface area (Å²) in [6.07, 6.45) is -9.30. The molecule has 0 aliphatic rings. The highest BCUT2D eigenvalue weighted by atomic mass is 16.4. The smallest absolute Gasteiger partial charge is 0.335 e. The van der Waals surface area contributed by atoms with Crippen LogP contribution in [0.2, 0.25) is 0 Å². The van der Waals surface area contributed by atoms with Gasteiger partial charge in [0, 0.05) is 0 Å². The van der Waals surface area contributed by atoms with Crippen LogP contribution in [0.25, 0.3) is 0 Å². The Bertz CT molecular complexity index is 280. The van der Waals surface area contributed by atoms with E-state index in [4.69, 9.17) is 35.7 Å². The van der Waals surface area contributed by atoms with Crippen molar-refractivity contribution in [3.8, 4) is 0 Å². The fraction of sp³-hybridized carbons (Fsp3) is 0.667. The molecule has 10 heteroatoms. The lowest BCUT2D eigenvalue weighted by molar-refractivity contribution is -0.163. The fourth-order valence-corrected chi connectivity index (χ4v) is 0.658.